The van der Waals surface area contributed by atoms with Gasteiger partial charge in [-0.05, 0) is 24.3 Å². The minimum Gasteiger partial charge on any atom is -0.348 e. The highest BCUT2D eigenvalue weighted by atomic mass is 16.2. The number of rotatable bonds is 2. The molecule has 8 nitrogen and oxygen atoms in total. The summed E-state index contributed by atoms with van der Waals surface area (Å²) in [6.07, 6.45) is 5.96. The Balaban J connectivity index is 1.64. The summed E-state index contributed by atoms with van der Waals surface area (Å²) in [5, 5.41) is 8.82. The summed E-state index contributed by atoms with van der Waals surface area (Å²) < 4.78 is 3.42. The number of amides is 1. The molecule has 0 radical (unpaired) electrons. The summed E-state index contributed by atoms with van der Waals surface area (Å²) in [5.41, 5.74) is 4.26. The maximum atomic E-state index is 13.2. The van der Waals surface area contributed by atoms with Gasteiger partial charge in [0.1, 0.15) is 11.7 Å². The molecule has 5 heterocycles. The number of aromatic amines is 1. The molecule has 0 bridgehead atoms. The third kappa shape index (κ3) is 2.15. The number of hydrogen-bond acceptors (Lipinski definition) is 4. The SMILES string of the molecule is Cn1nccc1C(=O)N1CCc2[nH]cnc2C1c1cc2ccccn2n1. The van der Waals surface area contributed by atoms with Crippen LogP contribution in [0.1, 0.15) is 33.6 Å². The Morgan fingerprint density at radius 1 is 1.31 bits per heavy atom. The molecule has 0 fully saturated rings. The van der Waals surface area contributed by atoms with Crippen LogP contribution in [0.5, 0.6) is 0 Å². The first kappa shape index (κ1) is 14.9. The lowest BCUT2D eigenvalue weighted by atomic mass is 9.99. The zero-order chi connectivity index (χ0) is 17.7. The summed E-state index contributed by atoms with van der Waals surface area (Å²) in [7, 11) is 1.77. The van der Waals surface area contributed by atoms with E-state index in [1.807, 2.05) is 39.9 Å². The van der Waals surface area contributed by atoms with E-state index >= 15 is 0 Å². The van der Waals surface area contributed by atoms with Crippen LogP contribution in [-0.4, -0.2) is 46.7 Å². The van der Waals surface area contributed by atoms with Gasteiger partial charge >= 0.3 is 0 Å². The molecule has 26 heavy (non-hydrogen) atoms. The maximum absolute atomic E-state index is 13.2. The number of carbonyl (C=O) groups is 1. The van der Waals surface area contributed by atoms with Crippen molar-refractivity contribution >= 4 is 11.4 Å². The van der Waals surface area contributed by atoms with E-state index in [-0.39, 0.29) is 11.9 Å². The molecule has 0 saturated carbocycles. The standard InChI is InChI=1S/C18H17N7O/c1-23-15(5-7-21-23)18(26)24-9-6-13-16(20-11-19-13)17(24)14-10-12-4-2-3-8-25(12)22-14/h2-5,7-8,10-11,17H,6,9H2,1H3,(H,19,20). The fraction of sp³-hybridized carbons (Fsp3) is 0.222. The molecule has 4 aromatic heterocycles. The minimum absolute atomic E-state index is 0.0688. The quantitative estimate of drug-likeness (QED) is 0.597. The topological polar surface area (TPSA) is 84.1 Å². The molecule has 5 rings (SSSR count). The van der Waals surface area contributed by atoms with Gasteiger partial charge in [-0.1, -0.05) is 6.07 Å². The Morgan fingerprint density at radius 3 is 3.04 bits per heavy atom. The fourth-order valence-corrected chi connectivity index (χ4v) is 3.62. The van der Waals surface area contributed by atoms with E-state index in [4.69, 9.17) is 5.10 Å². The molecule has 1 aliphatic rings. The minimum atomic E-state index is -0.327. The Bertz CT molecular complexity index is 1070. The molecule has 1 aliphatic heterocycles. The highest BCUT2D eigenvalue weighted by Crippen LogP contribution is 2.34. The van der Waals surface area contributed by atoms with E-state index in [1.165, 1.54) is 0 Å². The molecule has 1 atom stereocenters. The molecule has 1 unspecified atom stereocenters. The lowest BCUT2D eigenvalue weighted by molar-refractivity contribution is 0.0675. The molecular formula is C18H17N7O. The van der Waals surface area contributed by atoms with E-state index in [0.29, 0.717) is 12.2 Å². The summed E-state index contributed by atoms with van der Waals surface area (Å²) >= 11 is 0. The number of H-pyrrole nitrogens is 1. The lowest BCUT2D eigenvalue weighted by Gasteiger charge is -2.33. The van der Waals surface area contributed by atoms with Crippen LogP contribution in [0.2, 0.25) is 0 Å². The van der Waals surface area contributed by atoms with Crippen LogP contribution in [0.25, 0.3) is 5.52 Å². The monoisotopic (exact) mass is 347 g/mol. The van der Waals surface area contributed by atoms with Gasteiger partial charge in [0.2, 0.25) is 0 Å². The van der Waals surface area contributed by atoms with E-state index in [2.05, 4.69) is 15.1 Å². The molecule has 8 heteroatoms. The molecular weight excluding hydrogens is 330 g/mol. The maximum Gasteiger partial charge on any atom is 0.273 e. The molecule has 130 valence electrons. The molecule has 0 aromatic carbocycles. The number of imidazole rings is 1. The van der Waals surface area contributed by atoms with Crippen molar-refractivity contribution in [2.24, 2.45) is 7.05 Å². The number of aryl methyl sites for hydroxylation is 1. The Hall–Kier alpha value is -3.42. The van der Waals surface area contributed by atoms with Gasteiger partial charge in [0, 0.05) is 38.1 Å². The van der Waals surface area contributed by atoms with Crippen molar-refractivity contribution in [3.05, 3.63) is 71.8 Å². The van der Waals surface area contributed by atoms with Crippen LogP contribution in [0.4, 0.5) is 0 Å². The normalized spacial score (nSPS) is 16.8. The van der Waals surface area contributed by atoms with Gasteiger partial charge in [-0.15, -0.1) is 0 Å². The van der Waals surface area contributed by atoms with E-state index in [1.54, 1.807) is 30.3 Å². The molecule has 0 aliphatic carbocycles. The van der Waals surface area contributed by atoms with Crippen LogP contribution < -0.4 is 0 Å². The molecule has 4 aromatic rings. The smallest absolute Gasteiger partial charge is 0.273 e. The first-order valence-corrected chi connectivity index (χ1v) is 8.48. The highest BCUT2D eigenvalue weighted by Gasteiger charge is 2.36. The second-order valence-electron chi connectivity index (χ2n) is 6.40. The number of nitrogens with one attached hydrogen (secondary N) is 1. The fourth-order valence-electron chi connectivity index (χ4n) is 3.62. The van der Waals surface area contributed by atoms with Crippen molar-refractivity contribution in [2.45, 2.75) is 12.5 Å². The summed E-state index contributed by atoms with van der Waals surface area (Å²) in [4.78, 5) is 22.7. The first-order chi connectivity index (χ1) is 12.7. The van der Waals surface area contributed by atoms with Gasteiger partial charge in [0.15, 0.2) is 0 Å². The van der Waals surface area contributed by atoms with Gasteiger partial charge in [-0.2, -0.15) is 10.2 Å². The van der Waals surface area contributed by atoms with Crippen LogP contribution in [0.15, 0.2) is 49.1 Å². The second kappa shape index (κ2) is 5.55. The van der Waals surface area contributed by atoms with Gasteiger partial charge in [-0.25, -0.2) is 9.50 Å². The number of pyridine rings is 1. The second-order valence-corrected chi connectivity index (χ2v) is 6.40. The number of fused-ring (bicyclic) bond motifs is 2. The number of aromatic nitrogens is 6. The Kier molecular flexibility index (Phi) is 3.18. The van der Waals surface area contributed by atoms with Gasteiger partial charge < -0.3 is 9.88 Å². The predicted octanol–water partition coefficient (Wildman–Crippen LogP) is 1.58. The number of hydrogen-bond donors (Lipinski definition) is 1. The van der Waals surface area contributed by atoms with Crippen molar-refractivity contribution in [2.75, 3.05) is 6.54 Å². The zero-order valence-electron chi connectivity index (χ0n) is 14.2. The Morgan fingerprint density at radius 2 is 2.23 bits per heavy atom. The van der Waals surface area contributed by atoms with Crippen molar-refractivity contribution in [3.63, 3.8) is 0 Å². The number of nitrogens with zero attached hydrogens (tertiary/aromatic N) is 6. The predicted molar refractivity (Wildman–Crippen MR) is 93.6 cm³/mol. The highest BCUT2D eigenvalue weighted by molar-refractivity contribution is 5.93. The zero-order valence-corrected chi connectivity index (χ0v) is 14.2. The van der Waals surface area contributed by atoms with E-state index < -0.39 is 0 Å². The average molecular weight is 347 g/mol. The van der Waals surface area contributed by atoms with Gasteiger partial charge in [0.25, 0.3) is 5.91 Å². The lowest BCUT2D eigenvalue weighted by Crippen LogP contribution is -2.41. The largest absolute Gasteiger partial charge is 0.348 e. The summed E-state index contributed by atoms with van der Waals surface area (Å²) in [6.45, 7) is 0.595. The summed E-state index contributed by atoms with van der Waals surface area (Å²) in [5.74, 6) is -0.0688. The molecule has 0 saturated heterocycles. The number of carbonyl (C=O) groups excluding carboxylic acids is 1. The van der Waals surface area contributed by atoms with Crippen LogP contribution in [-0.2, 0) is 13.5 Å². The summed E-state index contributed by atoms with van der Waals surface area (Å²) in [6, 6.07) is 9.33. The van der Waals surface area contributed by atoms with E-state index in [9.17, 15) is 4.79 Å². The average Bonchev–Trinajstić information content (AvgIpc) is 3.38. The van der Waals surface area contributed by atoms with E-state index in [0.717, 1.165) is 29.0 Å². The third-order valence-corrected chi connectivity index (χ3v) is 4.89. The van der Waals surface area contributed by atoms with Crippen molar-refractivity contribution in [1.29, 1.82) is 0 Å². The van der Waals surface area contributed by atoms with Gasteiger partial charge in [0.05, 0.1) is 23.2 Å². The van der Waals surface area contributed by atoms with Gasteiger partial charge in [-0.3, -0.25) is 9.48 Å². The molecule has 1 amide bonds. The van der Waals surface area contributed by atoms with Crippen molar-refractivity contribution < 1.29 is 4.79 Å². The third-order valence-electron chi connectivity index (χ3n) is 4.89. The molecule has 0 spiro atoms. The van der Waals surface area contributed by atoms with Crippen LogP contribution in [0, 0.1) is 0 Å². The molecule has 1 N–H and O–H groups in total. The first-order valence-electron chi connectivity index (χ1n) is 8.48. The van der Waals surface area contributed by atoms with Crippen molar-refractivity contribution in [1.82, 2.24) is 34.3 Å². The Labute approximate surface area is 149 Å². The van der Waals surface area contributed by atoms with Crippen LogP contribution in [0.3, 0.4) is 0 Å². The van der Waals surface area contributed by atoms with Crippen LogP contribution >= 0.6 is 0 Å². The van der Waals surface area contributed by atoms with Crippen molar-refractivity contribution in [3.8, 4) is 0 Å².